The molecule has 0 bridgehead atoms. The number of aromatic nitrogens is 1. The number of thiazole rings is 1. The van der Waals surface area contributed by atoms with Gasteiger partial charge in [0.25, 0.3) is 0 Å². The highest BCUT2D eigenvalue weighted by Crippen LogP contribution is 2.03. The molecule has 1 aromatic carbocycles. The van der Waals surface area contributed by atoms with Gasteiger partial charge >= 0.3 is 0 Å². The van der Waals surface area contributed by atoms with Crippen LogP contribution in [-0.2, 0) is 17.8 Å². The summed E-state index contributed by atoms with van der Waals surface area (Å²) in [4.78, 5) is 8.92. The van der Waals surface area contributed by atoms with Gasteiger partial charge < -0.3 is 15.4 Å². The Morgan fingerprint density at radius 1 is 1.26 bits per heavy atom. The van der Waals surface area contributed by atoms with Crippen molar-refractivity contribution in [2.24, 2.45) is 4.99 Å². The van der Waals surface area contributed by atoms with Crippen molar-refractivity contribution in [2.45, 2.75) is 26.4 Å². The molecule has 0 saturated carbocycles. The molecule has 0 aliphatic carbocycles. The molecule has 0 aliphatic heterocycles. The minimum Gasteiger partial charge on any atom is -0.382 e. The first-order chi connectivity index (χ1) is 11.4. The fourth-order valence-electron chi connectivity index (χ4n) is 1.95. The van der Waals surface area contributed by atoms with Crippen molar-refractivity contribution in [2.75, 3.05) is 19.8 Å². The van der Waals surface area contributed by atoms with Gasteiger partial charge in [-0.05, 0) is 18.9 Å². The van der Waals surface area contributed by atoms with Crippen molar-refractivity contribution in [1.29, 1.82) is 0 Å². The van der Waals surface area contributed by atoms with Crippen LogP contribution in [0.3, 0.4) is 0 Å². The van der Waals surface area contributed by atoms with Gasteiger partial charge in [0.1, 0.15) is 5.01 Å². The molecule has 23 heavy (non-hydrogen) atoms. The Labute approximate surface area is 141 Å². The molecule has 0 aliphatic rings. The maximum atomic E-state index is 5.35. The third kappa shape index (κ3) is 7.25. The van der Waals surface area contributed by atoms with E-state index in [9.17, 15) is 0 Å². The number of hydrogen-bond donors (Lipinski definition) is 2. The van der Waals surface area contributed by atoms with E-state index in [1.165, 1.54) is 5.56 Å². The SMILES string of the molecule is CCOCCCNC(=NCc1ccccc1)NCc1nccs1. The van der Waals surface area contributed by atoms with Crippen molar-refractivity contribution in [3.05, 3.63) is 52.5 Å². The van der Waals surface area contributed by atoms with Crippen LogP contribution in [0.2, 0.25) is 0 Å². The average molecular weight is 332 g/mol. The van der Waals surface area contributed by atoms with E-state index in [2.05, 4.69) is 32.7 Å². The van der Waals surface area contributed by atoms with Gasteiger partial charge in [-0.1, -0.05) is 30.3 Å². The average Bonchev–Trinajstić information content (AvgIpc) is 3.11. The molecule has 1 heterocycles. The minimum atomic E-state index is 0.652. The normalized spacial score (nSPS) is 11.4. The maximum Gasteiger partial charge on any atom is 0.191 e. The summed E-state index contributed by atoms with van der Waals surface area (Å²) in [7, 11) is 0. The zero-order chi connectivity index (χ0) is 16.2. The number of aliphatic imine (C=N–C) groups is 1. The second-order valence-electron chi connectivity index (χ2n) is 4.91. The van der Waals surface area contributed by atoms with E-state index >= 15 is 0 Å². The van der Waals surface area contributed by atoms with Crippen LogP contribution >= 0.6 is 11.3 Å². The molecule has 124 valence electrons. The summed E-state index contributed by atoms with van der Waals surface area (Å²) in [6.45, 7) is 5.71. The molecule has 0 spiro atoms. The first kappa shape index (κ1) is 17.4. The second-order valence-corrected chi connectivity index (χ2v) is 5.89. The van der Waals surface area contributed by atoms with E-state index in [-0.39, 0.29) is 0 Å². The van der Waals surface area contributed by atoms with Gasteiger partial charge in [-0.2, -0.15) is 0 Å². The zero-order valence-electron chi connectivity index (χ0n) is 13.5. The van der Waals surface area contributed by atoms with Gasteiger partial charge in [0.05, 0.1) is 13.1 Å². The summed E-state index contributed by atoms with van der Waals surface area (Å²) >= 11 is 1.64. The van der Waals surface area contributed by atoms with Crippen LogP contribution in [0.4, 0.5) is 0 Å². The van der Waals surface area contributed by atoms with Gasteiger partial charge in [-0.3, -0.25) is 0 Å². The van der Waals surface area contributed by atoms with E-state index in [0.717, 1.165) is 37.1 Å². The monoisotopic (exact) mass is 332 g/mol. The van der Waals surface area contributed by atoms with Crippen LogP contribution in [0.5, 0.6) is 0 Å². The highest BCUT2D eigenvalue weighted by atomic mass is 32.1. The Morgan fingerprint density at radius 2 is 2.13 bits per heavy atom. The molecule has 0 atom stereocenters. The molecule has 0 fully saturated rings. The Balaban J connectivity index is 1.84. The van der Waals surface area contributed by atoms with Crippen molar-refractivity contribution in [3.8, 4) is 0 Å². The lowest BCUT2D eigenvalue weighted by Crippen LogP contribution is -2.37. The van der Waals surface area contributed by atoms with Crippen molar-refractivity contribution in [1.82, 2.24) is 15.6 Å². The van der Waals surface area contributed by atoms with Crippen molar-refractivity contribution >= 4 is 17.3 Å². The number of benzene rings is 1. The number of nitrogens with one attached hydrogen (secondary N) is 2. The molecule has 0 amide bonds. The standard InChI is InChI=1S/C17H24N4OS/c1-2-22-11-6-9-19-17(21-14-16-18-10-12-23-16)20-13-15-7-4-3-5-8-15/h3-5,7-8,10,12H,2,6,9,11,13-14H2,1H3,(H2,19,20,21). The summed E-state index contributed by atoms with van der Waals surface area (Å²) in [5.74, 6) is 0.806. The number of guanidine groups is 1. The third-order valence-corrected chi connectivity index (χ3v) is 3.89. The lowest BCUT2D eigenvalue weighted by atomic mass is 10.2. The van der Waals surface area contributed by atoms with Gasteiger partial charge in [0, 0.05) is 31.3 Å². The van der Waals surface area contributed by atoms with E-state index in [0.29, 0.717) is 13.1 Å². The molecule has 6 heteroatoms. The Kier molecular flexibility index (Phi) is 8.15. The first-order valence-corrected chi connectivity index (χ1v) is 8.78. The minimum absolute atomic E-state index is 0.652. The quantitative estimate of drug-likeness (QED) is 0.421. The van der Waals surface area contributed by atoms with E-state index < -0.39 is 0 Å². The molecular weight excluding hydrogens is 308 g/mol. The predicted molar refractivity (Wildman–Crippen MR) is 95.6 cm³/mol. The van der Waals surface area contributed by atoms with Crippen LogP contribution in [0.25, 0.3) is 0 Å². The van der Waals surface area contributed by atoms with E-state index in [4.69, 9.17) is 4.74 Å². The van der Waals surface area contributed by atoms with Crippen LogP contribution in [0.1, 0.15) is 23.9 Å². The van der Waals surface area contributed by atoms with Crippen LogP contribution < -0.4 is 10.6 Å². The van der Waals surface area contributed by atoms with Gasteiger partial charge in [-0.25, -0.2) is 9.98 Å². The van der Waals surface area contributed by atoms with Crippen molar-refractivity contribution < 1.29 is 4.74 Å². The fraction of sp³-hybridized carbons (Fsp3) is 0.412. The van der Waals surface area contributed by atoms with Crippen molar-refractivity contribution in [3.63, 3.8) is 0 Å². The number of hydrogen-bond acceptors (Lipinski definition) is 4. The molecular formula is C17H24N4OS. The highest BCUT2D eigenvalue weighted by molar-refractivity contribution is 7.09. The Bertz CT molecular complexity index is 557. The first-order valence-electron chi connectivity index (χ1n) is 7.90. The molecule has 0 unspecified atom stereocenters. The molecule has 2 N–H and O–H groups in total. The van der Waals surface area contributed by atoms with Gasteiger partial charge in [-0.15, -0.1) is 11.3 Å². The topological polar surface area (TPSA) is 58.5 Å². The van der Waals surface area contributed by atoms with Crippen LogP contribution in [0, 0.1) is 0 Å². The number of nitrogens with zero attached hydrogens (tertiary/aromatic N) is 2. The molecule has 2 aromatic rings. The lowest BCUT2D eigenvalue weighted by molar-refractivity contribution is 0.145. The molecule has 2 rings (SSSR count). The molecule has 1 aromatic heterocycles. The number of rotatable bonds is 9. The number of ether oxygens (including phenoxy) is 1. The Hall–Kier alpha value is -1.92. The molecule has 0 radical (unpaired) electrons. The molecule has 5 nitrogen and oxygen atoms in total. The predicted octanol–water partition coefficient (Wildman–Crippen LogP) is 2.81. The van der Waals surface area contributed by atoms with Gasteiger partial charge in [0.2, 0.25) is 0 Å². The Morgan fingerprint density at radius 3 is 2.87 bits per heavy atom. The van der Waals surface area contributed by atoms with Crippen LogP contribution in [0.15, 0.2) is 46.9 Å². The molecule has 0 saturated heterocycles. The van der Waals surface area contributed by atoms with Gasteiger partial charge in [0.15, 0.2) is 5.96 Å². The van der Waals surface area contributed by atoms with E-state index in [1.54, 1.807) is 11.3 Å². The highest BCUT2D eigenvalue weighted by Gasteiger charge is 2.01. The second kappa shape index (κ2) is 10.7. The summed E-state index contributed by atoms with van der Waals surface area (Å²) in [6.07, 6.45) is 2.77. The third-order valence-electron chi connectivity index (χ3n) is 3.12. The summed E-state index contributed by atoms with van der Waals surface area (Å²) in [5.41, 5.74) is 1.19. The zero-order valence-corrected chi connectivity index (χ0v) is 14.3. The van der Waals surface area contributed by atoms with E-state index in [1.807, 2.05) is 36.7 Å². The largest absolute Gasteiger partial charge is 0.382 e. The summed E-state index contributed by atoms with van der Waals surface area (Å²) < 4.78 is 5.35. The smallest absolute Gasteiger partial charge is 0.191 e. The van der Waals surface area contributed by atoms with Crippen LogP contribution in [-0.4, -0.2) is 30.7 Å². The lowest BCUT2D eigenvalue weighted by Gasteiger charge is -2.12. The maximum absolute atomic E-state index is 5.35. The summed E-state index contributed by atoms with van der Waals surface area (Å²) in [6, 6.07) is 10.2. The fourth-order valence-corrected chi connectivity index (χ4v) is 2.51. The summed E-state index contributed by atoms with van der Waals surface area (Å²) in [5, 5.41) is 9.71.